The van der Waals surface area contributed by atoms with Crippen LogP contribution in [0, 0.1) is 37.9 Å². The first-order chi connectivity index (χ1) is 14.9. The number of halogens is 1. The average Bonchev–Trinajstić information content (AvgIpc) is 3.01. The van der Waals surface area contributed by atoms with E-state index in [4.69, 9.17) is 0 Å². The van der Waals surface area contributed by atoms with Crippen LogP contribution in [0.1, 0.15) is 38.6 Å². The average molecular weight is 413 g/mol. The molecule has 0 unspecified atom stereocenters. The molecule has 7 heteroatoms. The van der Waals surface area contributed by atoms with Crippen molar-refractivity contribution in [2.24, 2.45) is 0 Å². The van der Waals surface area contributed by atoms with Crippen LogP contribution in [0.2, 0.25) is 0 Å². The number of carbonyl (C=O) groups excluding carboxylic acids is 1. The van der Waals surface area contributed by atoms with E-state index < -0.39 is 0 Å². The number of pyridine rings is 1. The minimum atomic E-state index is -0.293. The molecule has 0 saturated carbocycles. The maximum Gasteiger partial charge on any atom is 0.256 e. The number of nitrogens with one attached hydrogen (secondary N) is 1. The lowest BCUT2D eigenvalue weighted by atomic mass is 10.0. The number of nitriles is 1. The van der Waals surface area contributed by atoms with E-state index in [0.29, 0.717) is 45.6 Å². The third-order valence-corrected chi connectivity index (χ3v) is 5.20. The molecule has 154 valence electrons. The Kier molecular flexibility index (Phi) is 5.22. The second-order valence-corrected chi connectivity index (χ2v) is 7.41. The number of hydrogen-bond acceptors (Lipinski definition) is 4. The molecule has 1 N–H and O–H groups in total. The molecular formula is C24H20FN5O. The van der Waals surface area contributed by atoms with Gasteiger partial charge in [0.05, 0.1) is 40.3 Å². The maximum atomic E-state index is 13.2. The molecular weight excluding hydrogens is 393 g/mol. The fourth-order valence-corrected chi connectivity index (χ4v) is 3.63. The van der Waals surface area contributed by atoms with Crippen LogP contribution in [-0.2, 0) is 6.54 Å². The fourth-order valence-electron chi connectivity index (χ4n) is 3.63. The van der Waals surface area contributed by atoms with Crippen molar-refractivity contribution in [2.45, 2.75) is 27.3 Å². The number of rotatable bonds is 4. The van der Waals surface area contributed by atoms with Gasteiger partial charge < -0.3 is 5.32 Å². The van der Waals surface area contributed by atoms with Crippen LogP contribution < -0.4 is 5.32 Å². The molecule has 1 amide bonds. The number of nitrogens with zero attached hydrogens (tertiary/aromatic N) is 4. The summed E-state index contributed by atoms with van der Waals surface area (Å²) in [6.45, 7) is 5.96. The zero-order chi connectivity index (χ0) is 22.1. The van der Waals surface area contributed by atoms with Crippen LogP contribution in [0.25, 0.3) is 10.9 Å². The predicted octanol–water partition coefficient (Wildman–Crippen LogP) is 4.67. The minimum Gasteiger partial charge on any atom is -0.319 e. The van der Waals surface area contributed by atoms with Crippen molar-refractivity contribution in [1.82, 2.24) is 14.8 Å². The number of benzene rings is 2. The van der Waals surface area contributed by atoms with Crippen LogP contribution in [0.3, 0.4) is 0 Å². The van der Waals surface area contributed by atoms with Gasteiger partial charge >= 0.3 is 0 Å². The van der Waals surface area contributed by atoms with Crippen LogP contribution >= 0.6 is 0 Å². The fraction of sp³-hybridized carbons (Fsp3) is 0.167. The molecule has 4 aromatic rings. The van der Waals surface area contributed by atoms with Crippen molar-refractivity contribution < 1.29 is 9.18 Å². The van der Waals surface area contributed by atoms with Crippen LogP contribution in [-0.4, -0.2) is 20.7 Å². The quantitative estimate of drug-likeness (QED) is 0.527. The Bertz CT molecular complexity index is 1350. The van der Waals surface area contributed by atoms with Gasteiger partial charge in [0.2, 0.25) is 0 Å². The van der Waals surface area contributed by atoms with Crippen molar-refractivity contribution in [3.8, 4) is 6.07 Å². The number of carbonyl (C=O) groups is 1. The number of para-hydroxylation sites is 1. The lowest BCUT2D eigenvalue weighted by Crippen LogP contribution is -2.15. The SMILES string of the molecule is Cc1cc(C(=O)Nc2c(C)nn(Cc3ccc(F)cc3)c2C)c2cccc(C#N)c2n1. The number of aryl methyl sites for hydroxylation is 2. The molecule has 2 heterocycles. The summed E-state index contributed by atoms with van der Waals surface area (Å²) in [6.07, 6.45) is 0. The highest BCUT2D eigenvalue weighted by molar-refractivity contribution is 6.13. The lowest BCUT2D eigenvalue weighted by molar-refractivity contribution is 0.102. The Morgan fingerprint density at radius 1 is 1.16 bits per heavy atom. The van der Waals surface area contributed by atoms with Crippen LogP contribution in [0.4, 0.5) is 10.1 Å². The summed E-state index contributed by atoms with van der Waals surface area (Å²) in [4.78, 5) is 17.6. The summed E-state index contributed by atoms with van der Waals surface area (Å²) in [7, 11) is 0. The van der Waals surface area contributed by atoms with Crippen LogP contribution in [0.5, 0.6) is 0 Å². The first kappa shape index (κ1) is 20.2. The van der Waals surface area contributed by atoms with E-state index >= 15 is 0 Å². The van der Waals surface area contributed by atoms with Crippen molar-refractivity contribution in [3.05, 3.63) is 88.1 Å². The number of fused-ring (bicyclic) bond motifs is 1. The number of amides is 1. The van der Waals surface area contributed by atoms with E-state index in [1.165, 1.54) is 12.1 Å². The monoisotopic (exact) mass is 413 g/mol. The third-order valence-electron chi connectivity index (χ3n) is 5.20. The molecule has 0 spiro atoms. The number of hydrogen-bond donors (Lipinski definition) is 1. The van der Waals surface area contributed by atoms with Crippen LogP contribution in [0.15, 0.2) is 48.5 Å². The Balaban J connectivity index is 1.68. The van der Waals surface area contributed by atoms with Gasteiger partial charge in [0, 0.05) is 11.1 Å². The Hall–Kier alpha value is -4.05. The molecule has 2 aromatic carbocycles. The highest BCUT2D eigenvalue weighted by atomic mass is 19.1. The third kappa shape index (κ3) is 3.88. The van der Waals surface area contributed by atoms with Gasteiger partial charge in [-0.2, -0.15) is 10.4 Å². The van der Waals surface area contributed by atoms with Crippen molar-refractivity contribution >= 4 is 22.5 Å². The van der Waals surface area contributed by atoms with Crippen molar-refractivity contribution in [3.63, 3.8) is 0 Å². The number of anilines is 1. The molecule has 6 nitrogen and oxygen atoms in total. The topological polar surface area (TPSA) is 83.6 Å². The van der Waals surface area contributed by atoms with E-state index in [1.807, 2.05) is 13.8 Å². The van der Waals surface area contributed by atoms with E-state index in [9.17, 15) is 14.4 Å². The smallest absolute Gasteiger partial charge is 0.256 e. The molecule has 0 fully saturated rings. The standard InChI is InChI=1S/C24H20FN5O/c1-14-11-21(20-6-4-5-18(12-26)23(20)27-14)24(31)28-22-15(2)29-30(16(22)3)13-17-7-9-19(25)10-8-17/h4-11H,13H2,1-3H3,(H,28,31). The van der Waals surface area contributed by atoms with Gasteiger partial charge in [-0.25, -0.2) is 4.39 Å². The van der Waals surface area contributed by atoms with Gasteiger partial charge in [-0.15, -0.1) is 0 Å². The molecule has 0 aliphatic carbocycles. The summed E-state index contributed by atoms with van der Waals surface area (Å²) in [6, 6.07) is 15.3. The minimum absolute atomic E-state index is 0.288. The summed E-state index contributed by atoms with van der Waals surface area (Å²) in [5.41, 5.74) is 5.05. The van der Waals surface area contributed by atoms with Gasteiger partial charge in [0.15, 0.2) is 0 Å². The number of aromatic nitrogens is 3. The summed E-state index contributed by atoms with van der Waals surface area (Å²) in [5, 5.41) is 17.5. The van der Waals surface area contributed by atoms with E-state index in [0.717, 1.165) is 11.3 Å². The van der Waals surface area contributed by atoms with Gasteiger partial charge in [0.25, 0.3) is 5.91 Å². The Morgan fingerprint density at radius 3 is 2.61 bits per heavy atom. The second-order valence-electron chi connectivity index (χ2n) is 7.41. The molecule has 4 rings (SSSR count). The zero-order valence-electron chi connectivity index (χ0n) is 17.4. The van der Waals surface area contributed by atoms with Crippen molar-refractivity contribution in [1.29, 1.82) is 5.26 Å². The van der Waals surface area contributed by atoms with Gasteiger partial charge in [-0.3, -0.25) is 14.5 Å². The lowest BCUT2D eigenvalue weighted by Gasteiger charge is -2.11. The highest BCUT2D eigenvalue weighted by Gasteiger charge is 2.18. The molecule has 0 saturated heterocycles. The summed E-state index contributed by atoms with van der Waals surface area (Å²) < 4.78 is 15.0. The second kappa shape index (κ2) is 8.00. The first-order valence-corrected chi connectivity index (χ1v) is 9.77. The van der Waals surface area contributed by atoms with Crippen molar-refractivity contribution in [2.75, 3.05) is 5.32 Å². The van der Waals surface area contributed by atoms with E-state index in [-0.39, 0.29) is 11.7 Å². The van der Waals surface area contributed by atoms with E-state index in [2.05, 4.69) is 21.5 Å². The molecule has 2 aromatic heterocycles. The Morgan fingerprint density at radius 2 is 1.90 bits per heavy atom. The van der Waals surface area contributed by atoms with Gasteiger partial charge in [-0.1, -0.05) is 24.3 Å². The zero-order valence-corrected chi connectivity index (χ0v) is 17.4. The molecule has 0 atom stereocenters. The highest BCUT2D eigenvalue weighted by Crippen LogP contribution is 2.25. The van der Waals surface area contributed by atoms with E-state index in [1.54, 1.807) is 48.0 Å². The molecule has 0 aliphatic heterocycles. The summed E-state index contributed by atoms with van der Waals surface area (Å²) >= 11 is 0. The van der Waals surface area contributed by atoms with Gasteiger partial charge in [0.1, 0.15) is 11.9 Å². The Labute approximate surface area is 179 Å². The van der Waals surface area contributed by atoms with Gasteiger partial charge in [-0.05, 0) is 50.6 Å². The first-order valence-electron chi connectivity index (χ1n) is 9.77. The summed E-state index contributed by atoms with van der Waals surface area (Å²) in [5.74, 6) is -0.581. The maximum absolute atomic E-state index is 13.2. The molecule has 31 heavy (non-hydrogen) atoms. The molecule has 0 bridgehead atoms. The molecule has 0 aliphatic rings. The molecule has 0 radical (unpaired) electrons. The largest absolute Gasteiger partial charge is 0.319 e. The predicted molar refractivity (Wildman–Crippen MR) is 116 cm³/mol. The normalized spacial score (nSPS) is 10.8.